The molecule has 2 aromatic rings. The van der Waals surface area contributed by atoms with Crippen molar-refractivity contribution in [3.05, 3.63) is 56.7 Å². The normalized spacial score (nSPS) is 15.4. The fraction of sp³-hybridized carbons (Fsp3) is 0.231. The van der Waals surface area contributed by atoms with E-state index >= 15 is 0 Å². The van der Waals surface area contributed by atoms with Crippen molar-refractivity contribution in [2.24, 2.45) is 4.99 Å². The van der Waals surface area contributed by atoms with E-state index in [2.05, 4.69) is 21.0 Å². The summed E-state index contributed by atoms with van der Waals surface area (Å²) in [5.74, 6) is 0. The zero-order valence-electron chi connectivity index (χ0n) is 9.36. The number of H-pyrrole nitrogens is 2. The molecular weight excluding hydrogens is 214 g/mol. The smallest absolute Gasteiger partial charge is 0.312 e. The molecule has 4 nitrogen and oxygen atoms in total. The van der Waals surface area contributed by atoms with Crippen LogP contribution in [0.1, 0.15) is 17.7 Å². The Morgan fingerprint density at radius 2 is 2.29 bits per heavy atom. The molecule has 0 spiro atoms. The summed E-state index contributed by atoms with van der Waals surface area (Å²) in [4.78, 5) is 20.9. The molecule has 0 aliphatic carbocycles. The third-order valence-corrected chi connectivity index (χ3v) is 2.95. The minimum atomic E-state index is -0.182. The Morgan fingerprint density at radius 3 is 3.12 bits per heavy atom. The number of rotatable bonds is 1. The van der Waals surface area contributed by atoms with Crippen molar-refractivity contribution in [2.45, 2.75) is 12.8 Å². The molecule has 0 unspecified atom stereocenters. The molecule has 0 saturated heterocycles. The second kappa shape index (κ2) is 4.05. The van der Waals surface area contributed by atoms with Crippen molar-refractivity contribution in [2.75, 3.05) is 6.54 Å². The Kier molecular flexibility index (Phi) is 2.40. The van der Waals surface area contributed by atoms with Crippen LogP contribution in [0.15, 0.2) is 34.2 Å². The van der Waals surface area contributed by atoms with E-state index in [1.807, 2.05) is 18.2 Å². The molecule has 2 heterocycles. The van der Waals surface area contributed by atoms with Gasteiger partial charge < -0.3 is 9.97 Å². The summed E-state index contributed by atoms with van der Waals surface area (Å²) >= 11 is 0. The monoisotopic (exact) mass is 227 g/mol. The summed E-state index contributed by atoms with van der Waals surface area (Å²) in [6.07, 6.45) is 5.83. The maximum Gasteiger partial charge on any atom is 0.323 e. The number of aryl methyl sites for hydroxylation is 1. The number of hydrogen-bond acceptors (Lipinski definition) is 2. The highest BCUT2D eigenvalue weighted by Gasteiger charge is 2.03. The number of benzene rings is 1. The number of aromatic nitrogens is 2. The highest BCUT2D eigenvalue weighted by molar-refractivity contribution is 5.44. The zero-order chi connectivity index (χ0) is 11.7. The molecule has 1 aliphatic rings. The maximum absolute atomic E-state index is 11.0. The standard InChI is InChI=1S/C13H13N3O/c17-13-15-8-11(16-13)7-10-4-1-3-9-5-2-6-14-12(9)10/h1,3-4,7-8H,2,5-6H2,(H2,15,16,17)/b10-7+. The predicted molar refractivity (Wildman–Crippen MR) is 65.4 cm³/mol. The Balaban J connectivity index is 2.23. The number of imidazole rings is 1. The van der Waals surface area contributed by atoms with E-state index in [1.165, 1.54) is 5.56 Å². The molecule has 0 bridgehead atoms. The number of para-hydroxylation sites is 1. The number of nitrogens with zero attached hydrogens (tertiary/aromatic N) is 1. The van der Waals surface area contributed by atoms with Crippen LogP contribution in [0.4, 0.5) is 0 Å². The van der Waals surface area contributed by atoms with Crippen molar-refractivity contribution < 1.29 is 0 Å². The van der Waals surface area contributed by atoms with Crippen LogP contribution >= 0.6 is 0 Å². The third kappa shape index (κ3) is 1.93. The topological polar surface area (TPSA) is 61.0 Å². The van der Waals surface area contributed by atoms with Crippen molar-refractivity contribution in [3.63, 3.8) is 0 Å². The van der Waals surface area contributed by atoms with Crippen LogP contribution in [-0.2, 0) is 6.42 Å². The van der Waals surface area contributed by atoms with E-state index in [9.17, 15) is 4.79 Å². The number of nitrogens with one attached hydrogen (secondary N) is 2. The first kappa shape index (κ1) is 10.1. The number of fused-ring (bicyclic) bond motifs is 1. The van der Waals surface area contributed by atoms with E-state index in [-0.39, 0.29) is 5.69 Å². The minimum absolute atomic E-state index is 0.182. The minimum Gasteiger partial charge on any atom is -0.312 e. The lowest BCUT2D eigenvalue weighted by Gasteiger charge is -2.07. The lowest BCUT2D eigenvalue weighted by molar-refractivity contribution is 0.765. The summed E-state index contributed by atoms with van der Waals surface area (Å²) in [6.45, 7) is 0.890. The van der Waals surface area contributed by atoms with Crippen LogP contribution in [0, 0.1) is 0 Å². The van der Waals surface area contributed by atoms with Gasteiger partial charge in [-0.05, 0) is 24.5 Å². The van der Waals surface area contributed by atoms with Gasteiger partial charge in [0.2, 0.25) is 0 Å². The van der Waals surface area contributed by atoms with Gasteiger partial charge in [0.1, 0.15) is 0 Å². The molecule has 1 aromatic carbocycles. The Labute approximate surface area is 97.7 Å². The van der Waals surface area contributed by atoms with E-state index in [4.69, 9.17) is 0 Å². The Bertz CT molecular complexity index is 709. The van der Waals surface area contributed by atoms with Crippen molar-refractivity contribution in [1.29, 1.82) is 0 Å². The van der Waals surface area contributed by atoms with Crippen LogP contribution in [-0.4, -0.2) is 16.5 Å². The molecular formula is C13H13N3O. The van der Waals surface area contributed by atoms with Crippen LogP contribution < -0.4 is 16.3 Å². The fourth-order valence-corrected chi connectivity index (χ4v) is 2.17. The van der Waals surface area contributed by atoms with Gasteiger partial charge in [-0.25, -0.2) is 4.79 Å². The highest BCUT2D eigenvalue weighted by Crippen LogP contribution is 2.00. The second-order valence-electron chi connectivity index (χ2n) is 4.18. The molecule has 17 heavy (non-hydrogen) atoms. The van der Waals surface area contributed by atoms with Crippen molar-refractivity contribution in [3.8, 4) is 0 Å². The van der Waals surface area contributed by atoms with Gasteiger partial charge >= 0.3 is 5.69 Å². The number of aromatic amines is 2. The van der Waals surface area contributed by atoms with Gasteiger partial charge in [-0.3, -0.25) is 4.99 Å². The average Bonchev–Trinajstić information content (AvgIpc) is 2.75. The van der Waals surface area contributed by atoms with Crippen LogP contribution in [0.25, 0.3) is 6.08 Å². The molecule has 0 saturated carbocycles. The zero-order valence-corrected chi connectivity index (χ0v) is 9.36. The lowest BCUT2D eigenvalue weighted by Crippen LogP contribution is -2.31. The molecule has 0 radical (unpaired) electrons. The van der Waals surface area contributed by atoms with Crippen molar-refractivity contribution in [1.82, 2.24) is 9.97 Å². The molecule has 0 amide bonds. The van der Waals surface area contributed by atoms with Gasteiger partial charge in [0.15, 0.2) is 0 Å². The van der Waals surface area contributed by atoms with Gasteiger partial charge in [0.05, 0.1) is 11.1 Å². The van der Waals surface area contributed by atoms with Crippen molar-refractivity contribution >= 4 is 6.08 Å². The molecule has 3 rings (SSSR count). The fourth-order valence-electron chi connectivity index (χ4n) is 2.17. The van der Waals surface area contributed by atoms with Gasteiger partial charge in [-0.2, -0.15) is 0 Å². The molecule has 86 valence electrons. The molecule has 4 heteroatoms. The van der Waals surface area contributed by atoms with Crippen LogP contribution in [0.5, 0.6) is 0 Å². The maximum atomic E-state index is 11.0. The molecule has 1 aliphatic heterocycles. The molecule has 2 N–H and O–H groups in total. The van der Waals surface area contributed by atoms with Gasteiger partial charge in [-0.15, -0.1) is 0 Å². The first-order valence-electron chi connectivity index (χ1n) is 5.75. The number of hydrogen-bond donors (Lipinski definition) is 2. The summed E-state index contributed by atoms with van der Waals surface area (Å²) in [7, 11) is 0. The summed E-state index contributed by atoms with van der Waals surface area (Å²) in [6, 6.07) is 6.18. The Hall–Kier alpha value is -2.10. The van der Waals surface area contributed by atoms with Gasteiger partial charge in [0.25, 0.3) is 0 Å². The van der Waals surface area contributed by atoms with Gasteiger partial charge in [0, 0.05) is 18.0 Å². The Morgan fingerprint density at radius 1 is 1.35 bits per heavy atom. The summed E-state index contributed by atoms with van der Waals surface area (Å²) in [5.41, 5.74) is 1.89. The van der Waals surface area contributed by atoms with Crippen LogP contribution in [0.3, 0.4) is 0 Å². The summed E-state index contributed by atoms with van der Waals surface area (Å²) in [5, 5.41) is 2.14. The quantitative estimate of drug-likeness (QED) is 0.713. The third-order valence-electron chi connectivity index (χ3n) is 2.95. The second-order valence-corrected chi connectivity index (χ2v) is 4.18. The molecule has 1 aromatic heterocycles. The first-order valence-corrected chi connectivity index (χ1v) is 5.75. The largest absolute Gasteiger partial charge is 0.323 e. The predicted octanol–water partition coefficient (Wildman–Crippen LogP) is 0.0976. The summed E-state index contributed by atoms with van der Waals surface area (Å²) < 4.78 is 0. The van der Waals surface area contributed by atoms with E-state index in [0.717, 1.165) is 35.7 Å². The van der Waals surface area contributed by atoms with E-state index in [1.54, 1.807) is 6.20 Å². The van der Waals surface area contributed by atoms with Crippen LogP contribution in [0.2, 0.25) is 0 Å². The molecule has 0 fully saturated rings. The highest BCUT2D eigenvalue weighted by atomic mass is 16.1. The van der Waals surface area contributed by atoms with Gasteiger partial charge in [-0.1, -0.05) is 18.2 Å². The SMILES string of the molecule is O=c1[nH]cc(/C=c2\cccc3c2=NCCC3)[nH]1. The molecule has 0 atom stereocenters. The van der Waals surface area contributed by atoms with E-state index in [0.29, 0.717) is 0 Å². The first-order chi connectivity index (χ1) is 8.33. The average molecular weight is 227 g/mol. The van der Waals surface area contributed by atoms with E-state index < -0.39 is 0 Å². The lowest BCUT2D eigenvalue weighted by atomic mass is 10.0.